The maximum atomic E-state index is 12.2. The van der Waals surface area contributed by atoms with Gasteiger partial charge in [-0.15, -0.1) is 11.3 Å². The highest BCUT2D eigenvalue weighted by molar-refractivity contribution is 7.14. The SMILES string of the molecule is CC(=O)N(c1ccccc1)c1nc(CN2CCN(C(=O)C3CC3)CC2)cs1. The number of benzene rings is 1. The van der Waals surface area contributed by atoms with Gasteiger partial charge in [-0.25, -0.2) is 4.98 Å². The van der Waals surface area contributed by atoms with Gasteiger partial charge in [-0.05, 0) is 25.0 Å². The van der Waals surface area contributed by atoms with E-state index in [1.807, 2.05) is 40.6 Å². The highest BCUT2D eigenvalue weighted by Gasteiger charge is 2.34. The van der Waals surface area contributed by atoms with Crippen LogP contribution in [0.4, 0.5) is 10.8 Å². The maximum Gasteiger partial charge on any atom is 0.230 e. The number of thiazole rings is 1. The lowest BCUT2D eigenvalue weighted by molar-refractivity contribution is -0.134. The van der Waals surface area contributed by atoms with E-state index in [4.69, 9.17) is 4.98 Å². The lowest BCUT2D eigenvalue weighted by Gasteiger charge is -2.34. The van der Waals surface area contributed by atoms with E-state index in [9.17, 15) is 9.59 Å². The van der Waals surface area contributed by atoms with Crippen LogP contribution in [0.5, 0.6) is 0 Å². The topological polar surface area (TPSA) is 56.8 Å². The zero-order valence-electron chi connectivity index (χ0n) is 15.5. The first-order chi connectivity index (χ1) is 13.1. The summed E-state index contributed by atoms with van der Waals surface area (Å²) in [6.07, 6.45) is 2.13. The van der Waals surface area contributed by atoms with Gasteiger partial charge < -0.3 is 4.90 Å². The third kappa shape index (κ3) is 4.20. The Labute approximate surface area is 163 Å². The fraction of sp³-hybridized carbons (Fsp3) is 0.450. The van der Waals surface area contributed by atoms with E-state index in [-0.39, 0.29) is 5.91 Å². The summed E-state index contributed by atoms with van der Waals surface area (Å²) in [7, 11) is 0. The number of carbonyl (C=O) groups excluding carboxylic acids is 2. The molecule has 1 aliphatic heterocycles. The van der Waals surface area contributed by atoms with Crippen molar-refractivity contribution >= 4 is 34.0 Å². The van der Waals surface area contributed by atoms with Gasteiger partial charge in [-0.3, -0.25) is 19.4 Å². The van der Waals surface area contributed by atoms with Crippen LogP contribution < -0.4 is 4.90 Å². The van der Waals surface area contributed by atoms with Crippen molar-refractivity contribution in [3.05, 3.63) is 41.4 Å². The molecule has 1 aliphatic carbocycles. The van der Waals surface area contributed by atoms with Gasteiger partial charge >= 0.3 is 0 Å². The van der Waals surface area contributed by atoms with E-state index in [0.29, 0.717) is 17.0 Å². The molecule has 4 rings (SSSR count). The number of carbonyl (C=O) groups is 2. The molecular weight excluding hydrogens is 360 g/mol. The van der Waals surface area contributed by atoms with E-state index in [1.54, 1.807) is 11.8 Å². The highest BCUT2D eigenvalue weighted by Crippen LogP contribution is 2.32. The number of rotatable bonds is 5. The Morgan fingerprint density at radius 3 is 2.48 bits per heavy atom. The van der Waals surface area contributed by atoms with E-state index < -0.39 is 0 Å². The summed E-state index contributed by atoms with van der Waals surface area (Å²) in [5, 5.41) is 2.72. The second-order valence-corrected chi connectivity index (χ2v) is 8.02. The molecule has 2 amide bonds. The Balaban J connectivity index is 1.38. The summed E-state index contributed by atoms with van der Waals surface area (Å²) in [6.45, 7) is 5.67. The summed E-state index contributed by atoms with van der Waals surface area (Å²) in [4.78, 5) is 35.0. The van der Waals surface area contributed by atoms with Crippen molar-refractivity contribution in [1.82, 2.24) is 14.8 Å². The van der Waals surface area contributed by atoms with Gasteiger partial charge in [0.2, 0.25) is 11.8 Å². The molecule has 0 radical (unpaired) electrons. The van der Waals surface area contributed by atoms with Crippen molar-refractivity contribution < 1.29 is 9.59 Å². The number of aromatic nitrogens is 1. The number of amides is 2. The van der Waals surface area contributed by atoms with Gasteiger partial charge in [0.1, 0.15) is 0 Å². The van der Waals surface area contributed by atoms with E-state index in [0.717, 1.165) is 56.9 Å². The van der Waals surface area contributed by atoms with Crippen LogP contribution in [0.15, 0.2) is 35.7 Å². The van der Waals surface area contributed by atoms with E-state index in [2.05, 4.69) is 4.90 Å². The van der Waals surface area contributed by atoms with Crippen LogP contribution >= 0.6 is 11.3 Å². The second-order valence-electron chi connectivity index (χ2n) is 7.19. The first-order valence-electron chi connectivity index (χ1n) is 9.43. The predicted octanol–water partition coefficient (Wildman–Crippen LogP) is 2.88. The predicted molar refractivity (Wildman–Crippen MR) is 106 cm³/mol. The Bertz CT molecular complexity index is 810. The molecule has 2 heterocycles. The molecule has 0 unspecified atom stereocenters. The monoisotopic (exact) mass is 384 g/mol. The number of nitrogens with zero attached hydrogens (tertiary/aromatic N) is 4. The lowest BCUT2D eigenvalue weighted by atomic mass is 10.2. The van der Waals surface area contributed by atoms with Crippen LogP contribution in [0.2, 0.25) is 0 Å². The molecule has 142 valence electrons. The van der Waals surface area contributed by atoms with Crippen molar-refractivity contribution in [3.8, 4) is 0 Å². The third-order valence-electron chi connectivity index (χ3n) is 5.06. The molecule has 0 bridgehead atoms. The molecule has 2 fully saturated rings. The molecule has 1 aromatic carbocycles. The average Bonchev–Trinajstić information content (AvgIpc) is 3.43. The molecule has 7 heteroatoms. The third-order valence-corrected chi connectivity index (χ3v) is 5.93. The number of piperazine rings is 1. The Morgan fingerprint density at radius 1 is 1.15 bits per heavy atom. The van der Waals surface area contributed by atoms with Crippen molar-refractivity contribution in [2.75, 3.05) is 31.1 Å². The molecule has 27 heavy (non-hydrogen) atoms. The van der Waals surface area contributed by atoms with Gasteiger partial charge in [0.25, 0.3) is 0 Å². The van der Waals surface area contributed by atoms with Crippen LogP contribution in [-0.2, 0) is 16.1 Å². The molecule has 1 saturated heterocycles. The fourth-order valence-electron chi connectivity index (χ4n) is 3.42. The van der Waals surface area contributed by atoms with E-state index >= 15 is 0 Å². The molecule has 1 saturated carbocycles. The highest BCUT2D eigenvalue weighted by atomic mass is 32.1. The van der Waals surface area contributed by atoms with Gasteiger partial charge in [0.15, 0.2) is 5.13 Å². The largest absolute Gasteiger partial charge is 0.340 e. The molecular formula is C20H24N4O2S. The maximum absolute atomic E-state index is 12.2. The zero-order chi connectivity index (χ0) is 18.8. The molecule has 0 atom stereocenters. The van der Waals surface area contributed by atoms with Crippen LogP contribution in [0.25, 0.3) is 0 Å². The normalized spacial score (nSPS) is 17.7. The molecule has 1 aromatic heterocycles. The van der Waals surface area contributed by atoms with Crippen LogP contribution in [0.3, 0.4) is 0 Å². The molecule has 0 spiro atoms. The number of para-hydroxylation sites is 1. The van der Waals surface area contributed by atoms with E-state index in [1.165, 1.54) is 11.3 Å². The minimum absolute atomic E-state index is 0.0469. The lowest BCUT2D eigenvalue weighted by Crippen LogP contribution is -2.48. The van der Waals surface area contributed by atoms with Crippen LogP contribution in [0.1, 0.15) is 25.5 Å². The minimum atomic E-state index is -0.0469. The molecule has 2 aromatic rings. The zero-order valence-corrected chi connectivity index (χ0v) is 16.3. The number of hydrogen-bond acceptors (Lipinski definition) is 5. The molecule has 2 aliphatic rings. The van der Waals surface area contributed by atoms with Crippen LogP contribution in [0, 0.1) is 5.92 Å². The summed E-state index contributed by atoms with van der Waals surface area (Å²) in [5.74, 6) is 0.591. The summed E-state index contributed by atoms with van der Waals surface area (Å²) < 4.78 is 0. The quantitative estimate of drug-likeness (QED) is 0.795. The first-order valence-corrected chi connectivity index (χ1v) is 10.3. The van der Waals surface area contributed by atoms with Crippen molar-refractivity contribution in [2.45, 2.75) is 26.3 Å². The second kappa shape index (κ2) is 7.78. The summed E-state index contributed by atoms with van der Waals surface area (Å²) in [6, 6.07) is 9.60. The number of hydrogen-bond donors (Lipinski definition) is 0. The summed E-state index contributed by atoms with van der Waals surface area (Å²) >= 11 is 1.49. The van der Waals surface area contributed by atoms with Gasteiger partial charge in [-0.2, -0.15) is 0 Å². The summed E-state index contributed by atoms with van der Waals surface area (Å²) in [5.41, 5.74) is 1.80. The molecule has 6 nitrogen and oxygen atoms in total. The van der Waals surface area contributed by atoms with Crippen LogP contribution in [-0.4, -0.2) is 52.8 Å². The van der Waals surface area contributed by atoms with Crippen molar-refractivity contribution in [3.63, 3.8) is 0 Å². The smallest absolute Gasteiger partial charge is 0.230 e. The Morgan fingerprint density at radius 2 is 1.85 bits per heavy atom. The van der Waals surface area contributed by atoms with Crippen molar-refractivity contribution in [1.29, 1.82) is 0 Å². The Kier molecular flexibility index (Phi) is 5.22. The molecule has 0 N–H and O–H groups in total. The first kappa shape index (κ1) is 18.1. The Hall–Kier alpha value is -2.25. The van der Waals surface area contributed by atoms with Gasteiger partial charge in [0.05, 0.1) is 11.4 Å². The minimum Gasteiger partial charge on any atom is -0.340 e. The standard InChI is InChI=1S/C20H24N4O2S/c1-15(25)24(18-5-3-2-4-6-18)20-21-17(14-27-20)13-22-9-11-23(12-10-22)19(26)16-7-8-16/h2-6,14,16H,7-13H2,1H3. The van der Waals surface area contributed by atoms with Gasteiger partial charge in [-0.1, -0.05) is 18.2 Å². The average molecular weight is 385 g/mol. The van der Waals surface area contributed by atoms with Gasteiger partial charge in [0, 0.05) is 50.9 Å². The van der Waals surface area contributed by atoms with Crippen molar-refractivity contribution in [2.24, 2.45) is 5.92 Å². The number of anilines is 2. The fourth-order valence-corrected chi connectivity index (χ4v) is 4.30.